The average molecular weight is 1010 g/mol. The molecule has 0 radical (unpaired) electrons. The Hall–Kier alpha value is -5.55. The first-order chi connectivity index (χ1) is 32.6. The number of likely N-dealkylation sites (tertiary alicyclic amines) is 1. The van der Waals surface area contributed by atoms with Crippen LogP contribution in [0.5, 0.6) is 11.5 Å². The van der Waals surface area contributed by atoms with E-state index < -0.39 is 48.0 Å². The SMILES string of the molecule is COCC(NC(=O)C(CCF)NCc1ccc(Cl)cc1Oc1ccc(-c2cnc(CN(C)C)n2C)cc1)C(=O)NC1(Cc2ccc(Cl)cc2)CCCN(C(=O)C(CC(=O)O)Cc2ccccc2)C1.Cl. The molecule has 14 nitrogen and oxygen atoms in total. The van der Waals surface area contributed by atoms with Crippen LogP contribution in [0.15, 0.2) is 103 Å². The number of methoxy groups -OCH3 is 1. The van der Waals surface area contributed by atoms with Gasteiger partial charge in [-0.2, -0.15) is 0 Å². The molecule has 6 rings (SSSR count). The van der Waals surface area contributed by atoms with Crippen molar-refractivity contribution in [1.29, 1.82) is 0 Å². The second kappa shape index (κ2) is 25.9. The summed E-state index contributed by atoms with van der Waals surface area (Å²) >= 11 is 12.6. The number of hydrogen-bond donors (Lipinski definition) is 4. The lowest BCUT2D eigenvalue weighted by molar-refractivity contribution is -0.146. The molecule has 1 aromatic heterocycles. The number of imidazole rings is 1. The highest BCUT2D eigenvalue weighted by Crippen LogP contribution is 2.32. The van der Waals surface area contributed by atoms with E-state index in [0.29, 0.717) is 59.5 Å². The maximum absolute atomic E-state index is 14.4. The fraction of sp³-hybridized carbons (Fsp3) is 0.392. The van der Waals surface area contributed by atoms with Crippen molar-refractivity contribution in [2.75, 3.05) is 47.6 Å². The Morgan fingerprint density at radius 1 is 0.928 bits per heavy atom. The summed E-state index contributed by atoms with van der Waals surface area (Å²) in [5.74, 6) is -1.52. The molecular formula is C51H61Cl3FN7O7. The topological polar surface area (TPSA) is 167 Å². The van der Waals surface area contributed by atoms with Crippen LogP contribution in [-0.2, 0) is 56.9 Å². The first-order valence-corrected chi connectivity index (χ1v) is 23.3. The first-order valence-electron chi connectivity index (χ1n) is 22.6. The smallest absolute Gasteiger partial charge is 0.304 e. The maximum atomic E-state index is 14.4. The normalized spacial score (nSPS) is 16.0. The number of ether oxygens (including phenoxy) is 2. The van der Waals surface area contributed by atoms with Crippen LogP contribution in [0, 0.1) is 5.92 Å². The fourth-order valence-corrected chi connectivity index (χ4v) is 8.88. The molecule has 69 heavy (non-hydrogen) atoms. The van der Waals surface area contributed by atoms with Crippen LogP contribution >= 0.6 is 35.6 Å². The van der Waals surface area contributed by atoms with Gasteiger partial charge < -0.3 is 44.9 Å². The molecule has 1 aliphatic rings. The molecular weight excluding hydrogens is 948 g/mol. The molecule has 4 N–H and O–H groups in total. The zero-order valence-electron chi connectivity index (χ0n) is 39.3. The zero-order valence-corrected chi connectivity index (χ0v) is 41.6. The van der Waals surface area contributed by atoms with E-state index in [-0.39, 0.29) is 57.3 Å². The second-order valence-electron chi connectivity index (χ2n) is 17.6. The zero-order chi connectivity index (χ0) is 48.8. The Labute approximate surface area is 419 Å². The number of carboxylic acid groups (broad SMARTS) is 1. The van der Waals surface area contributed by atoms with Crippen molar-refractivity contribution in [3.05, 3.63) is 136 Å². The van der Waals surface area contributed by atoms with Gasteiger partial charge in [0.2, 0.25) is 17.7 Å². The van der Waals surface area contributed by atoms with Crippen molar-refractivity contribution < 1.29 is 38.1 Å². The summed E-state index contributed by atoms with van der Waals surface area (Å²) in [6.07, 6.45) is 2.82. The molecule has 1 fully saturated rings. The number of nitrogens with one attached hydrogen (secondary N) is 3. The van der Waals surface area contributed by atoms with Gasteiger partial charge in [-0.1, -0.05) is 71.7 Å². The molecule has 0 bridgehead atoms. The molecule has 0 saturated carbocycles. The number of halogens is 4. The molecule has 0 aliphatic carbocycles. The van der Waals surface area contributed by atoms with E-state index in [9.17, 15) is 28.7 Å². The van der Waals surface area contributed by atoms with E-state index >= 15 is 0 Å². The van der Waals surface area contributed by atoms with Gasteiger partial charge in [-0.05, 0) is 106 Å². The van der Waals surface area contributed by atoms with Crippen molar-refractivity contribution in [3.63, 3.8) is 0 Å². The van der Waals surface area contributed by atoms with Crippen LogP contribution in [-0.4, -0.2) is 113 Å². The number of rotatable bonds is 23. The van der Waals surface area contributed by atoms with E-state index in [1.54, 1.807) is 35.2 Å². The van der Waals surface area contributed by atoms with Gasteiger partial charge in [0.15, 0.2) is 0 Å². The molecule has 2 heterocycles. The minimum atomic E-state index is -1.20. The van der Waals surface area contributed by atoms with Gasteiger partial charge in [-0.25, -0.2) is 4.98 Å². The highest BCUT2D eigenvalue weighted by molar-refractivity contribution is 6.31. The number of carbonyl (C=O) groups is 4. The number of aliphatic carboxylic acids is 1. The highest BCUT2D eigenvalue weighted by Gasteiger charge is 2.42. The largest absolute Gasteiger partial charge is 0.481 e. The maximum Gasteiger partial charge on any atom is 0.304 e. The minimum absolute atomic E-state index is 0. The Morgan fingerprint density at radius 2 is 1.64 bits per heavy atom. The minimum Gasteiger partial charge on any atom is -0.481 e. The number of amides is 3. The third kappa shape index (κ3) is 15.5. The van der Waals surface area contributed by atoms with Crippen molar-refractivity contribution >= 4 is 59.3 Å². The summed E-state index contributed by atoms with van der Waals surface area (Å²) in [5, 5.41) is 19.9. The number of carbonyl (C=O) groups excluding carboxylic acids is 3. The molecule has 3 amide bonds. The van der Waals surface area contributed by atoms with Gasteiger partial charge >= 0.3 is 5.97 Å². The number of piperidine rings is 1. The van der Waals surface area contributed by atoms with Crippen LogP contribution in [0.4, 0.5) is 4.39 Å². The van der Waals surface area contributed by atoms with E-state index in [2.05, 4.69) is 25.8 Å². The molecule has 4 unspecified atom stereocenters. The summed E-state index contributed by atoms with van der Waals surface area (Å²) in [4.78, 5) is 62.9. The lowest BCUT2D eigenvalue weighted by Crippen LogP contribution is -2.65. The average Bonchev–Trinajstić information content (AvgIpc) is 3.67. The molecule has 370 valence electrons. The Balaban J connectivity index is 0.00000888. The van der Waals surface area contributed by atoms with Gasteiger partial charge in [0.1, 0.15) is 23.4 Å². The number of carboxylic acids is 1. The van der Waals surface area contributed by atoms with Gasteiger partial charge in [0, 0.05) is 55.0 Å². The van der Waals surface area contributed by atoms with Gasteiger partial charge in [0.05, 0.1) is 55.6 Å². The number of hydrogen-bond acceptors (Lipinski definition) is 9. The number of nitrogens with zero attached hydrogens (tertiary/aromatic N) is 4. The molecule has 1 aliphatic heterocycles. The van der Waals surface area contributed by atoms with Gasteiger partial charge in [-0.15, -0.1) is 12.4 Å². The van der Waals surface area contributed by atoms with Gasteiger partial charge in [0.25, 0.3) is 0 Å². The quantitative estimate of drug-likeness (QED) is 0.0510. The number of aromatic nitrogens is 2. The Kier molecular flexibility index (Phi) is 20.4. The molecule has 5 aromatic rings. The van der Waals surface area contributed by atoms with Crippen molar-refractivity contribution in [1.82, 2.24) is 35.3 Å². The van der Waals surface area contributed by atoms with E-state index in [1.807, 2.05) is 98.6 Å². The van der Waals surface area contributed by atoms with E-state index in [1.165, 1.54) is 7.11 Å². The van der Waals surface area contributed by atoms with Crippen molar-refractivity contribution in [3.8, 4) is 22.8 Å². The van der Waals surface area contributed by atoms with Crippen LogP contribution in [0.25, 0.3) is 11.3 Å². The predicted molar refractivity (Wildman–Crippen MR) is 268 cm³/mol. The van der Waals surface area contributed by atoms with Gasteiger partial charge in [-0.3, -0.25) is 23.6 Å². The van der Waals surface area contributed by atoms with Crippen molar-refractivity contribution in [2.24, 2.45) is 13.0 Å². The predicted octanol–water partition coefficient (Wildman–Crippen LogP) is 7.67. The highest BCUT2D eigenvalue weighted by atomic mass is 35.5. The first kappa shape index (κ1) is 54.4. The Morgan fingerprint density at radius 3 is 2.30 bits per heavy atom. The van der Waals surface area contributed by atoms with E-state index in [4.69, 9.17) is 32.7 Å². The molecule has 4 aromatic carbocycles. The van der Waals surface area contributed by atoms with Crippen LogP contribution in [0.3, 0.4) is 0 Å². The van der Waals surface area contributed by atoms with Crippen LogP contribution < -0.4 is 20.7 Å². The fourth-order valence-electron chi connectivity index (χ4n) is 8.59. The summed E-state index contributed by atoms with van der Waals surface area (Å²) in [6, 6.07) is 26.9. The summed E-state index contributed by atoms with van der Waals surface area (Å²) in [5.41, 5.74) is 3.22. The van der Waals surface area contributed by atoms with Crippen LogP contribution in [0.1, 0.15) is 48.2 Å². The summed E-state index contributed by atoms with van der Waals surface area (Å²) < 4.78 is 27.9. The van der Waals surface area contributed by atoms with E-state index in [0.717, 1.165) is 28.2 Å². The molecule has 0 spiro atoms. The third-order valence-corrected chi connectivity index (χ3v) is 12.5. The molecule has 1 saturated heterocycles. The molecule has 4 atom stereocenters. The molecule has 18 heteroatoms. The number of benzene rings is 4. The summed E-state index contributed by atoms with van der Waals surface area (Å²) in [6.45, 7) is 0.220. The standard InChI is InChI=1S/C51H60Cl2FN7O7.ClH/c1-59(2)31-46-56-30-44(60(46)3)36-14-19-41(20-15-36)68-45-27-40(53)18-13-37(45)29-55-42(21-23-54)48(64)57-43(32-67-4)49(65)58-51(28-35-11-16-39(52)17-12-35)22-8-24-61(33-51)50(66)38(26-47(62)63)25-34-9-6-5-7-10-34;/h5-7,9-20,27,30,38,42-43,55H,8,21-26,28-29,31-33H2,1-4H3,(H,57,64)(H,58,65)(H,62,63);1H. The second-order valence-corrected chi connectivity index (χ2v) is 18.5. The number of alkyl halides is 1. The monoisotopic (exact) mass is 1010 g/mol. The lowest BCUT2D eigenvalue weighted by atomic mass is 9.82. The summed E-state index contributed by atoms with van der Waals surface area (Å²) in [7, 11) is 7.36. The van der Waals surface area contributed by atoms with Crippen LogP contribution in [0.2, 0.25) is 10.0 Å². The lowest BCUT2D eigenvalue weighted by Gasteiger charge is -2.45. The van der Waals surface area contributed by atoms with Crippen molar-refractivity contribution in [2.45, 2.75) is 69.2 Å². The Bertz CT molecular complexity index is 2480. The third-order valence-electron chi connectivity index (χ3n) is 12.0.